The Bertz CT molecular complexity index is 707. The van der Waals surface area contributed by atoms with Crippen LogP contribution in [0.5, 0.6) is 0 Å². The first-order chi connectivity index (χ1) is 13.3. The van der Waals surface area contributed by atoms with Gasteiger partial charge in [0.1, 0.15) is 18.3 Å². The fraction of sp³-hybridized carbons (Fsp3) is 0.455. The highest BCUT2D eigenvalue weighted by atomic mass is 28.4. The number of rotatable bonds is 6. The van der Waals surface area contributed by atoms with E-state index in [4.69, 9.17) is 13.9 Å². The van der Waals surface area contributed by atoms with Gasteiger partial charge in [-0.2, -0.15) is 0 Å². The first-order valence-electron chi connectivity index (χ1n) is 9.60. The molecule has 0 radical (unpaired) electrons. The van der Waals surface area contributed by atoms with E-state index >= 15 is 0 Å². The molecule has 1 fully saturated rings. The second-order valence-electron chi connectivity index (χ2n) is 8.23. The normalized spacial score (nSPS) is 25.8. The molecule has 0 aromatic heterocycles. The van der Waals surface area contributed by atoms with Gasteiger partial charge in [-0.15, -0.1) is 0 Å². The van der Waals surface area contributed by atoms with Crippen LogP contribution in [0.1, 0.15) is 20.8 Å². The number of benzene rings is 2. The van der Waals surface area contributed by atoms with E-state index in [1.165, 1.54) is 7.11 Å². The quantitative estimate of drug-likeness (QED) is 0.720. The molecule has 5 nitrogen and oxygen atoms in total. The summed E-state index contributed by atoms with van der Waals surface area (Å²) in [5.74, 6) is 0. The predicted octanol–water partition coefficient (Wildman–Crippen LogP) is 1.66. The van der Waals surface area contributed by atoms with Gasteiger partial charge in [0.25, 0.3) is 8.32 Å². The molecular weight excluding hydrogens is 372 g/mol. The van der Waals surface area contributed by atoms with Crippen LogP contribution in [0.15, 0.2) is 60.7 Å². The molecule has 0 saturated carbocycles. The van der Waals surface area contributed by atoms with Crippen LogP contribution in [0.25, 0.3) is 0 Å². The van der Waals surface area contributed by atoms with Crippen LogP contribution in [-0.4, -0.2) is 56.8 Å². The number of hydrogen-bond acceptors (Lipinski definition) is 5. The zero-order valence-corrected chi connectivity index (χ0v) is 17.9. The number of methoxy groups -OCH3 is 1. The highest BCUT2D eigenvalue weighted by Crippen LogP contribution is 2.37. The van der Waals surface area contributed by atoms with Crippen molar-refractivity contribution in [2.45, 2.75) is 50.4 Å². The van der Waals surface area contributed by atoms with Crippen LogP contribution in [0, 0.1) is 0 Å². The van der Waals surface area contributed by atoms with E-state index < -0.39 is 32.9 Å². The van der Waals surface area contributed by atoms with E-state index in [1.807, 2.05) is 36.4 Å². The Hall–Kier alpha value is -1.54. The number of hydrogen-bond donors (Lipinski definition) is 2. The van der Waals surface area contributed by atoms with Crippen LogP contribution in [-0.2, 0) is 13.9 Å². The lowest BCUT2D eigenvalue weighted by atomic mass is 10.1. The van der Waals surface area contributed by atoms with E-state index in [0.717, 1.165) is 10.4 Å². The topological polar surface area (TPSA) is 68.2 Å². The smallest absolute Gasteiger partial charge is 0.261 e. The van der Waals surface area contributed by atoms with E-state index in [1.54, 1.807) is 0 Å². The molecule has 152 valence electrons. The Balaban J connectivity index is 2.00. The maximum absolute atomic E-state index is 10.4. The Kier molecular flexibility index (Phi) is 6.39. The average molecular weight is 403 g/mol. The molecule has 4 unspecified atom stereocenters. The fourth-order valence-corrected chi connectivity index (χ4v) is 8.59. The van der Waals surface area contributed by atoms with E-state index in [0.29, 0.717) is 0 Å². The Morgan fingerprint density at radius 1 is 0.893 bits per heavy atom. The largest absolute Gasteiger partial charge is 0.405 e. The van der Waals surface area contributed by atoms with E-state index in [2.05, 4.69) is 45.0 Å². The summed E-state index contributed by atoms with van der Waals surface area (Å²) < 4.78 is 17.6. The molecule has 6 heteroatoms. The molecule has 0 spiro atoms. The van der Waals surface area contributed by atoms with Gasteiger partial charge in [-0.1, -0.05) is 81.4 Å². The van der Waals surface area contributed by atoms with Crippen LogP contribution < -0.4 is 10.4 Å². The third kappa shape index (κ3) is 3.81. The van der Waals surface area contributed by atoms with Crippen molar-refractivity contribution in [3.05, 3.63) is 60.7 Å². The molecular formula is C22H30O5Si. The van der Waals surface area contributed by atoms with E-state index in [9.17, 15) is 10.2 Å². The first-order valence-corrected chi connectivity index (χ1v) is 11.5. The second-order valence-corrected chi connectivity index (χ2v) is 12.5. The lowest BCUT2D eigenvalue weighted by molar-refractivity contribution is -0.152. The zero-order chi connectivity index (χ0) is 20.4. The van der Waals surface area contributed by atoms with Crippen LogP contribution in [0.2, 0.25) is 5.04 Å². The summed E-state index contributed by atoms with van der Waals surface area (Å²) in [6, 6.07) is 20.6. The van der Waals surface area contributed by atoms with Gasteiger partial charge < -0.3 is 24.1 Å². The first kappa shape index (κ1) is 21.2. The summed E-state index contributed by atoms with van der Waals surface area (Å²) >= 11 is 0. The molecule has 2 aromatic rings. The van der Waals surface area contributed by atoms with Crippen molar-refractivity contribution in [1.82, 2.24) is 0 Å². The van der Waals surface area contributed by atoms with Crippen molar-refractivity contribution >= 4 is 18.7 Å². The van der Waals surface area contributed by atoms with Gasteiger partial charge in [0.15, 0.2) is 6.29 Å². The highest BCUT2D eigenvalue weighted by molar-refractivity contribution is 6.99. The van der Waals surface area contributed by atoms with Gasteiger partial charge in [0, 0.05) is 7.11 Å². The third-order valence-electron chi connectivity index (χ3n) is 5.43. The molecule has 1 aliphatic heterocycles. The summed E-state index contributed by atoms with van der Waals surface area (Å²) in [6.07, 6.45) is -3.63. The maximum atomic E-state index is 10.4. The van der Waals surface area contributed by atoms with Crippen molar-refractivity contribution in [3.63, 3.8) is 0 Å². The highest BCUT2D eigenvalue weighted by Gasteiger charge is 2.52. The molecule has 28 heavy (non-hydrogen) atoms. The summed E-state index contributed by atoms with van der Waals surface area (Å²) in [6.45, 7) is 6.75. The average Bonchev–Trinajstić information content (AvgIpc) is 2.97. The molecule has 1 aliphatic rings. The summed E-state index contributed by atoms with van der Waals surface area (Å²) in [5.41, 5.74) is 0. The van der Waals surface area contributed by atoms with Gasteiger partial charge in [-0.3, -0.25) is 0 Å². The molecule has 2 N–H and O–H groups in total. The maximum Gasteiger partial charge on any atom is 0.261 e. The lowest BCUT2D eigenvalue weighted by Crippen LogP contribution is -2.67. The summed E-state index contributed by atoms with van der Waals surface area (Å²) in [7, 11) is -1.26. The minimum absolute atomic E-state index is 0.168. The Morgan fingerprint density at radius 2 is 1.39 bits per heavy atom. The van der Waals surface area contributed by atoms with Crippen molar-refractivity contribution < 1.29 is 24.1 Å². The monoisotopic (exact) mass is 402 g/mol. The van der Waals surface area contributed by atoms with Gasteiger partial charge in [-0.05, 0) is 15.4 Å². The molecule has 0 bridgehead atoms. The molecule has 4 atom stereocenters. The van der Waals surface area contributed by atoms with Gasteiger partial charge in [-0.25, -0.2) is 0 Å². The van der Waals surface area contributed by atoms with Crippen LogP contribution in [0.3, 0.4) is 0 Å². The van der Waals surface area contributed by atoms with Crippen molar-refractivity contribution in [2.75, 3.05) is 13.7 Å². The minimum atomic E-state index is -2.71. The molecule has 0 amide bonds. The molecule has 0 aliphatic carbocycles. The Labute approximate surface area is 168 Å². The zero-order valence-electron chi connectivity index (χ0n) is 16.9. The molecule has 1 heterocycles. The van der Waals surface area contributed by atoms with Gasteiger partial charge in [0.2, 0.25) is 0 Å². The van der Waals surface area contributed by atoms with Crippen LogP contribution >= 0.6 is 0 Å². The van der Waals surface area contributed by atoms with Crippen molar-refractivity contribution in [1.29, 1.82) is 0 Å². The minimum Gasteiger partial charge on any atom is -0.405 e. The fourth-order valence-electron chi connectivity index (χ4n) is 4.02. The van der Waals surface area contributed by atoms with Crippen molar-refractivity contribution in [2.24, 2.45) is 0 Å². The summed E-state index contributed by atoms with van der Waals surface area (Å²) in [5, 5.41) is 22.6. The van der Waals surface area contributed by atoms with Gasteiger partial charge >= 0.3 is 0 Å². The Morgan fingerprint density at radius 3 is 1.79 bits per heavy atom. The third-order valence-corrected chi connectivity index (χ3v) is 10.4. The lowest BCUT2D eigenvalue weighted by Gasteiger charge is -2.43. The number of aliphatic hydroxyl groups is 2. The van der Waals surface area contributed by atoms with Gasteiger partial charge in [0.05, 0.1) is 6.61 Å². The van der Waals surface area contributed by atoms with Crippen LogP contribution in [0.4, 0.5) is 0 Å². The molecule has 2 aromatic carbocycles. The predicted molar refractivity (Wildman–Crippen MR) is 111 cm³/mol. The summed E-state index contributed by atoms with van der Waals surface area (Å²) in [4.78, 5) is 0. The second kappa shape index (κ2) is 8.45. The number of ether oxygens (including phenoxy) is 2. The SMILES string of the molecule is COC1OC(CO[Si](c2ccccc2)(c2ccccc2)C(C)(C)C)C(O)C1O. The number of aliphatic hydroxyl groups excluding tert-OH is 2. The van der Waals surface area contributed by atoms with Crippen molar-refractivity contribution in [3.8, 4) is 0 Å². The standard InChI is InChI=1S/C22H30O5Si/c1-22(2,3)28(16-11-7-5-8-12-16,17-13-9-6-10-14-17)26-15-18-19(23)20(24)21(25-4)27-18/h5-14,18-21,23-24H,15H2,1-4H3. The van der Waals surface area contributed by atoms with E-state index in [-0.39, 0.29) is 11.6 Å². The molecule has 1 saturated heterocycles. The molecule has 3 rings (SSSR count).